The minimum atomic E-state index is -4.52. The molecule has 0 aliphatic carbocycles. The van der Waals surface area contributed by atoms with Crippen LogP contribution in [0.15, 0.2) is 47.6 Å². The summed E-state index contributed by atoms with van der Waals surface area (Å²) in [5.74, 6) is -2.11. The van der Waals surface area contributed by atoms with Gasteiger partial charge in [0.1, 0.15) is 6.61 Å². The fraction of sp³-hybridized carbons (Fsp3) is 0.133. The lowest BCUT2D eigenvalue weighted by atomic mass is 10.1. The van der Waals surface area contributed by atoms with Crippen LogP contribution in [0.2, 0.25) is 0 Å². The topological polar surface area (TPSA) is 21.6 Å². The second-order valence-corrected chi connectivity index (χ2v) is 4.31. The fourth-order valence-corrected chi connectivity index (χ4v) is 1.73. The van der Waals surface area contributed by atoms with Crippen LogP contribution in [0.4, 0.5) is 22.0 Å². The Morgan fingerprint density at radius 2 is 1.73 bits per heavy atom. The molecule has 0 radical (unpaired) electrons. The number of hydrogen-bond donors (Lipinski definition) is 0. The molecule has 116 valence electrons. The predicted octanol–water partition coefficient (Wildman–Crippen LogP) is 4.53. The molecular weight excluding hydrogens is 305 g/mol. The zero-order chi connectivity index (χ0) is 16.2. The Hall–Kier alpha value is -2.44. The molecule has 0 amide bonds. The highest BCUT2D eigenvalue weighted by atomic mass is 19.4. The number of halogens is 5. The third-order valence-corrected chi connectivity index (χ3v) is 2.78. The maximum absolute atomic E-state index is 13.3. The Morgan fingerprint density at radius 1 is 1.00 bits per heavy atom. The summed E-state index contributed by atoms with van der Waals surface area (Å²) in [4.78, 5) is 4.72. The van der Waals surface area contributed by atoms with Gasteiger partial charge in [-0.25, -0.2) is 8.78 Å². The van der Waals surface area contributed by atoms with Crippen LogP contribution in [0.3, 0.4) is 0 Å². The first-order valence-corrected chi connectivity index (χ1v) is 6.14. The third-order valence-electron chi connectivity index (χ3n) is 2.78. The standard InChI is InChI=1S/C15H10F5NO/c16-13-7-3-5-11(14(13)17)9-22-21-8-10-4-1-2-6-12(10)15(18,19)20/h1-8H,9H2. The van der Waals surface area contributed by atoms with E-state index in [9.17, 15) is 22.0 Å². The number of benzene rings is 2. The lowest BCUT2D eigenvalue weighted by Crippen LogP contribution is -2.08. The third kappa shape index (κ3) is 3.81. The molecule has 2 rings (SSSR count). The van der Waals surface area contributed by atoms with E-state index in [1.807, 2.05) is 0 Å². The summed E-state index contributed by atoms with van der Waals surface area (Å²) in [6, 6.07) is 8.33. The van der Waals surface area contributed by atoms with Crippen LogP contribution in [0, 0.1) is 11.6 Å². The van der Waals surface area contributed by atoms with Gasteiger partial charge in [-0.05, 0) is 12.1 Å². The van der Waals surface area contributed by atoms with Gasteiger partial charge >= 0.3 is 6.18 Å². The van der Waals surface area contributed by atoms with Crippen molar-refractivity contribution in [3.63, 3.8) is 0 Å². The maximum Gasteiger partial charge on any atom is 0.417 e. The highest BCUT2D eigenvalue weighted by Crippen LogP contribution is 2.31. The summed E-state index contributed by atoms with van der Waals surface area (Å²) in [5.41, 5.74) is -1.13. The van der Waals surface area contributed by atoms with Crippen LogP contribution < -0.4 is 0 Å². The van der Waals surface area contributed by atoms with E-state index in [1.54, 1.807) is 0 Å². The molecule has 2 nitrogen and oxygen atoms in total. The summed E-state index contributed by atoms with van der Waals surface area (Å²) in [6.07, 6.45) is -3.64. The normalized spacial score (nSPS) is 11.9. The summed E-state index contributed by atoms with van der Waals surface area (Å²) < 4.78 is 64.4. The molecule has 7 heteroatoms. The second kappa shape index (κ2) is 6.55. The van der Waals surface area contributed by atoms with Crippen LogP contribution in [0.25, 0.3) is 0 Å². The van der Waals surface area contributed by atoms with Crippen LogP contribution in [-0.4, -0.2) is 6.21 Å². The lowest BCUT2D eigenvalue weighted by molar-refractivity contribution is -0.137. The van der Waals surface area contributed by atoms with Crippen molar-refractivity contribution in [1.82, 2.24) is 0 Å². The summed E-state index contributed by atoms with van der Waals surface area (Å²) in [6.45, 7) is -0.395. The van der Waals surface area contributed by atoms with Gasteiger partial charge in [0.2, 0.25) is 0 Å². The molecule has 22 heavy (non-hydrogen) atoms. The van der Waals surface area contributed by atoms with Crippen molar-refractivity contribution < 1.29 is 26.8 Å². The Labute approximate surface area is 122 Å². The van der Waals surface area contributed by atoms with Crippen LogP contribution in [0.5, 0.6) is 0 Å². The summed E-state index contributed by atoms with van der Waals surface area (Å²) in [7, 11) is 0. The predicted molar refractivity (Wildman–Crippen MR) is 70.2 cm³/mol. The minimum Gasteiger partial charge on any atom is -0.391 e. The van der Waals surface area contributed by atoms with E-state index >= 15 is 0 Å². The maximum atomic E-state index is 13.3. The van der Waals surface area contributed by atoms with Gasteiger partial charge in [0.15, 0.2) is 11.6 Å². The number of alkyl halides is 3. The molecule has 0 heterocycles. The monoisotopic (exact) mass is 315 g/mol. The molecule has 0 spiro atoms. The number of rotatable bonds is 4. The van der Waals surface area contributed by atoms with E-state index in [-0.39, 0.29) is 11.1 Å². The highest BCUT2D eigenvalue weighted by Gasteiger charge is 2.32. The molecular formula is C15H10F5NO. The molecule has 0 bridgehead atoms. The van der Waals surface area contributed by atoms with Gasteiger partial charge in [-0.2, -0.15) is 13.2 Å². The van der Waals surface area contributed by atoms with Gasteiger partial charge in [-0.3, -0.25) is 0 Å². The number of oxime groups is 1. The van der Waals surface area contributed by atoms with E-state index < -0.39 is 30.0 Å². The van der Waals surface area contributed by atoms with Crippen molar-refractivity contribution >= 4 is 6.21 Å². The first-order chi connectivity index (χ1) is 10.4. The number of hydrogen-bond acceptors (Lipinski definition) is 2. The largest absolute Gasteiger partial charge is 0.417 e. The zero-order valence-corrected chi connectivity index (χ0v) is 11.1. The van der Waals surface area contributed by atoms with Gasteiger partial charge in [0, 0.05) is 11.1 Å². The van der Waals surface area contributed by atoms with Gasteiger partial charge < -0.3 is 4.84 Å². The van der Waals surface area contributed by atoms with Crippen LogP contribution in [0.1, 0.15) is 16.7 Å². The number of nitrogens with zero attached hydrogens (tertiary/aromatic N) is 1. The molecule has 0 saturated heterocycles. The quantitative estimate of drug-likeness (QED) is 0.461. The average molecular weight is 315 g/mol. The van der Waals surface area contributed by atoms with Crippen LogP contribution in [-0.2, 0) is 17.6 Å². The van der Waals surface area contributed by atoms with Crippen molar-refractivity contribution in [2.45, 2.75) is 12.8 Å². The first kappa shape index (κ1) is 15.9. The molecule has 2 aromatic rings. The minimum absolute atomic E-state index is 0.0822. The second-order valence-electron chi connectivity index (χ2n) is 4.31. The van der Waals surface area contributed by atoms with E-state index in [0.29, 0.717) is 0 Å². The van der Waals surface area contributed by atoms with Crippen LogP contribution >= 0.6 is 0 Å². The molecule has 0 atom stereocenters. The van der Waals surface area contributed by atoms with E-state index in [1.165, 1.54) is 30.3 Å². The fourth-order valence-electron chi connectivity index (χ4n) is 1.73. The SMILES string of the molecule is Fc1cccc(CON=Cc2ccccc2C(F)(F)F)c1F. The Morgan fingerprint density at radius 3 is 2.45 bits per heavy atom. The van der Waals surface area contributed by atoms with Crippen molar-refractivity contribution in [3.05, 3.63) is 70.8 Å². The zero-order valence-electron chi connectivity index (χ0n) is 11.1. The van der Waals surface area contributed by atoms with Crippen molar-refractivity contribution in [2.75, 3.05) is 0 Å². The van der Waals surface area contributed by atoms with Gasteiger partial charge in [0.25, 0.3) is 0 Å². The van der Waals surface area contributed by atoms with Gasteiger partial charge in [0.05, 0.1) is 11.8 Å². The van der Waals surface area contributed by atoms with Crippen molar-refractivity contribution in [3.8, 4) is 0 Å². The molecule has 0 N–H and O–H groups in total. The van der Waals surface area contributed by atoms with Gasteiger partial charge in [-0.15, -0.1) is 0 Å². The van der Waals surface area contributed by atoms with E-state index in [0.717, 1.165) is 18.3 Å². The molecule has 0 aliphatic rings. The lowest BCUT2D eigenvalue weighted by Gasteiger charge is -2.09. The summed E-state index contributed by atoms with van der Waals surface area (Å²) >= 11 is 0. The Balaban J connectivity index is 2.06. The molecule has 0 unspecified atom stereocenters. The van der Waals surface area contributed by atoms with Crippen molar-refractivity contribution in [2.24, 2.45) is 5.16 Å². The molecule has 0 fully saturated rings. The van der Waals surface area contributed by atoms with E-state index in [4.69, 9.17) is 4.84 Å². The summed E-state index contributed by atoms with van der Waals surface area (Å²) in [5, 5.41) is 3.37. The molecule has 0 saturated carbocycles. The molecule has 2 aromatic carbocycles. The highest BCUT2D eigenvalue weighted by molar-refractivity contribution is 5.81. The molecule has 0 aromatic heterocycles. The van der Waals surface area contributed by atoms with Gasteiger partial charge in [-0.1, -0.05) is 35.5 Å². The first-order valence-electron chi connectivity index (χ1n) is 6.14. The van der Waals surface area contributed by atoms with E-state index in [2.05, 4.69) is 5.16 Å². The smallest absolute Gasteiger partial charge is 0.391 e. The molecule has 0 aliphatic heterocycles. The Kier molecular flexibility index (Phi) is 4.75. The Bertz CT molecular complexity index is 682. The van der Waals surface area contributed by atoms with Crippen molar-refractivity contribution in [1.29, 1.82) is 0 Å². The average Bonchev–Trinajstić information content (AvgIpc) is 2.47.